The van der Waals surface area contributed by atoms with E-state index in [9.17, 15) is 0 Å². The molecule has 76 valence electrons. The van der Waals surface area contributed by atoms with E-state index in [0.717, 1.165) is 19.0 Å². The molecule has 0 spiro atoms. The Hall–Kier alpha value is -1.09. The minimum Gasteiger partial charge on any atom is -0.476 e. The summed E-state index contributed by atoms with van der Waals surface area (Å²) in [6, 6.07) is 6.23. The van der Waals surface area contributed by atoms with Gasteiger partial charge in [0.05, 0.1) is 0 Å². The summed E-state index contributed by atoms with van der Waals surface area (Å²) in [4.78, 5) is 4.11. The number of aromatic nitrogens is 1. The van der Waals surface area contributed by atoms with Crippen molar-refractivity contribution in [1.29, 1.82) is 0 Å². The molecule has 1 unspecified atom stereocenters. The fourth-order valence-corrected chi connectivity index (χ4v) is 1.68. The van der Waals surface area contributed by atoms with Crippen LogP contribution < -0.4 is 10.1 Å². The molecule has 3 heteroatoms. The summed E-state index contributed by atoms with van der Waals surface area (Å²) in [5.41, 5.74) is 0. The average Bonchev–Trinajstić information content (AvgIpc) is 2.29. The van der Waals surface area contributed by atoms with Crippen LogP contribution in [0.15, 0.2) is 24.4 Å². The van der Waals surface area contributed by atoms with Crippen LogP contribution in [-0.4, -0.2) is 24.2 Å². The number of rotatable bonds is 3. The second kappa shape index (κ2) is 4.96. The lowest BCUT2D eigenvalue weighted by atomic mass is 10.1. The van der Waals surface area contributed by atoms with Crippen molar-refractivity contribution in [2.24, 2.45) is 0 Å². The van der Waals surface area contributed by atoms with Crippen molar-refractivity contribution in [2.45, 2.75) is 25.3 Å². The smallest absolute Gasteiger partial charge is 0.213 e. The molecule has 0 saturated carbocycles. The van der Waals surface area contributed by atoms with Gasteiger partial charge in [-0.2, -0.15) is 0 Å². The zero-order valence-electron chi connectivity index (χ0n) is 8.28. The molecule has 0 aliphatic carbocycles. The lowest BCUT2D eigenvalue weighted by Crippen LogP contribution is -2.38. The highest BCUT2D eigenvalue weighted by atomic mass is 16.5. The Bertz CT molecular complexity index is 257. The number of piperidine rings is 1. The molecule has 0 amide bonds. The molecular weight excluding hydrogens is 176 g/mol. The first-order chi connectivity index (χ1) is 6.95. The van der Waals surface area contributed by atoms with E-state index in [1.165, 1.54) is 19.3 Å². The maximum absolute atomic E-state index is 5.57. The third-order valence-electron chi connectivity index (χ3n) is 2.48. The zero-order valence-corrected chi connectivity index (χ0v) is 8.28. The van der Waals surface area contributed by atoms with Gasteiger partial charge in [-0.3, -0.25) is 0 Å². The van der Waals surface area contributed by atoms with Gasteiger partial charge in [0, 0.05) is 18.3 Å². The summed E-state index contributed by atoms with van der Waals surface area (Å²) in [7, 11) is 0. The highest BCUT2D eigenvalue weighted by Crippen LogP contribution is 2.09. The van der Waals surface area contributed by atoms with Crippen molar-refractivity contribution >= 4 is 0 Å². The van der Waals surface area contributed by atoms with Crippen LogP contribution in [0.25, 0.3) is 0 Å². The van der Waals surface area contributed by atoms with E-state index in [1.54, 1.807) is 6.20 Å². The SMILES string of the molecule is c1ccc(OCC2CCCCN2)nc1. The lowest BCUT2D eigenvalue weighted by molar-refractivity contribution is 0.232. The van der Waals surface area contributed by atoms with Gasteiger partial charge in [0.2, 0.25) is 5.88 Å². The highest BCUT2D eigenvalue weighted by Gasteiger charge is 2.12. The maximum Gasteiger partial charge on any atom is 0.213 e. The van der Waals surface area contributed by atoms with Gasteiger partial charge in [-0.25, -0.2) is 4.98 Å². The highest BCUT2D eigenvalue weighted by molar-refractivity contribution is 5.09. The van der Waals surface area contributed by atoms with Crippen molar-refractivity contribution in [3.05, 3.63) is 24.4 Å². The fourth-order valence-electron chi connectivity index (χ4n) is 1.68. The standard InChI is InChI=1S/C11H16N2O/c1-3-7-12-10(5-1)9-14-11-6-2-4-8-13-11/h2,4,6,8,10,12H,1,3,5,7,9H2. The van der Waals surface area contributed by atoms with Crippen molar-refractivity contribution in [2.75, 3.05) is 13.2 Å². The van der Waals surface area contributed by atoms with Gasteiger partial charge in [0.15, 0.2) is 0 Å². The van der Waals surface area contributed by atoms with Gasteiger partial charge in [-0.1, -0.05) is 12.5 Å². The maximum atomic E-state index is 5.57. The second-order valence-electron chi connectivity index (χ2n) is 3.63. The van der Waals surface area contributed by atoms with E-state index in [-0.39, 0.29) is 0 Å². The molecular formula is C11H16N2O. The third-order valence-corrected chi connectivity index (χ3v) is 2.48. The Morgan fingerprint density at radius 3 is 3.14 bits per heavy atom. The molecule has 3 nitrogen and oxygen atoms in total. The molecule has 1 aromatic heterocycles. The molecule has 1 N–H and O–H groups in total. The summed E-state index contributed by atoms with van der Waals surface area (Å²) in [5.74, 6) is 0.722. The minimum atomic E-state index is 0.505. The number of nitrogens with zero attached hydrogens (tertiary/aromatic N) is 1. The van der Waals surface area contributed by atoms with Crippen LogP contribution in [0.1, 0.15) is 19.3 Å². The minimum absolute atomic E-state index is 0.505. The average molecular weight is 192 g/mol. The number of pyridine rings is 1. The lowest BCUT2D eigenvalue weighted by Gasteiger charge is -2.23. The van der Waals surface area contributed by atoms with Gasteiger partial charge in [-0.05, 0) is 25.5 Å². The number of nitrogens with one attached hydrogen (secondary N) is 1. The second-order valence-corrected chi connectivity index (χ2v) is 3.63. The summed E-state index contributed by atoms with van der Waals surface area (Å²) in [6.45, 7) is 1.85. The first-order valence-corrected chi connectivity index (χ1v) is 5.22. The van der Waals surface area contributed by atoms with Crippen molar-refractivity contribution < 1.29 is 4.74 Å². The van der Waals surface area contributed by atoms with Gasteiger partial charge in [-0.15, -0.1) is 0 Å². The first kappa shape index (κ1) is 9.46. The van der Waals surface area contributed by atoms with Crippen molar-refractivity contribution in [1.82, 2.24) is 10.3 Å². The molecule has 1 aromatic rings. The Morgan fingerprint density at radius 2 is 2.43 bits per heavy atom. The summed E-state index contributed by atoms with van der Waals surface area (Å²) in [5, 5.41) is 3.44. The van der Waals surface area contributed by atoms with Crippen LogP contribution in [0.2, 0.25) is 0 Å². The Balaban J connectivity index is 1.76. The van der Waals surface area contributed by atoms with Gasteiger partial charge < -0.3 is 10.1 Å². The molecule has 0 radical (unpaired) electrons. The molecule has 0 aromatic carbocycles. The van der Waals surface area contributed by atoms with E-state index in [2.05, 4.69) is 10.3 Å². The van der Waals surface area contributed by atoms with Gasteiger partial charge in [0.1, 0.15) is 6.61 Å². The Labute approximate surface area is 84.5 Å². The zero-order chi connectivity index (χ0) is 9.64. The fraction of sp³-hybridized carbons (Fsp3) is 0.545. The quantitative estimate of drug-likeness (QED) is 0.790. The van der Waals surface area contributed by atoms with E-state index in [1.807, 2.05) is 18.2 Å². The Morgan fingerprint density at radius 1 is 1.43 bits per heavy atom. The molecule has 2 rings (SSSR count). The normalized spacial score (nSPS) is 21.9. The molecule has 1 aliphatic rings. The summed E-state index contributed by atoms with van der Waals surface area (Å²) < 4.78 is 5.57. The molecule has 1 atom stereocenters. The number of hydrogen-bond acceptors (Lipinski definition) is 3. The topological polar surface area (TPSA) is 34.1 Å². The van der Waals surface area contributed by atoms with Crippen LogP contribution in [-0.2, 0) is 0 Å². The molecule has 1 fully saturated rings. The molecule has 1 saturated heterocycles. The van der Waals surface area contributed by atoms with Crippen LogP contribution in [0, 0.1) is 0 Å². The monoisotopic (exact) mass is 192 g/mol. The predicted octanol–water partition coefficient (Wildman–Crippen LogP) is 1.60. The van der Waals surface area contributed by atoms with E-state index >= 15 is 0 Å². The largest absolute Gasteiger partial charge is 0.476 e. The van der Waals surface area contributed by atoms with Gasteiger partial charge in [0.25, 0.3) is 0 Å². The molecule has 14 heavy (non-hydrogen) atoms. The van der Waals surface area contributed by atoms with Crippen molar-refractivity contribution in [3.63, 3.8) is 0 Å². The first-order valence-electron chi connectivity index (χ1n) is 5.22. The third kappa shape index (κ3) is 2.70. The van der Waals surface area contributed by atoms with Crippen LogP contribution >= 0.6 is 0 Å². The molecule has 1 aliphatic heterocycles. The van der Waals surface area contributed by atoms with Crippen LogP contribution in [0.5, 0.6) is 5.88 Å². The van der Waals surface area contributed by atoms with Crippen molar-refractivity contribution in [3.8, 4) is 5.88 Å². The number of ether oxygens (including phenoxy) is 1. The van der Waals surface area contributed by atoms with E-state index in [0.29, 0.717) is 6.04 Å². The van der Waals surface area contributed by atoms with E-state index < -0.39 is 0 Å². The molecule has 2 heterocycles. The van der Waals surface area contributed by atoms with Gasteiger partial charge >= 0.3 is 0 Å². The summed E-state index contributed by atoms with van der Waals surface area (Å²) in [6.07, 6.45) is 5.57. The summed E-state index contributed by atoms with van der Waals surface area (Å²) >= 11 is 0. The van der Waals surface area contributed by atoms with Crippen LogP contribution in [0.3, 0.4) is 0 Å². The predicted molar refractivity (Wildman–Crippen MR) is 55.4 cm³/mol. The van der Waals surface area contributed by atoms with E-state index in [4.69, 9.17) is 4.74 Å². The Kier molecular flexibility index (Phi) is 3.35. The molecule has 0 bridgehead atoms. The number of hydrogen-bond donors (Lipinski definition) is 1. The van der Waals surface area contributed by atoms with Crippen LogP contribution in [0.4, 0.5) is 0 Å².